The SMILES string of the molecule is Oc1ccc2nc(-c3sccc3Br)[nH]c2c1. The van der Waals surface area contributed by atoms with Gasteiger partial charge in [-0.15, -0.1) is 11.3 Å². The highest BCUT2D eigenvalue weighted by atomic mass is 79.9. The Balaban J connectivity index is 2.23. The van der Waals surface area contributed by atoms with E-state index >= 15 is 0 Å². The number of nitrogens with zero attached hydrogens (tertiary/aromatic N) is 1. The van der Waals surface area contributed by atoms with Gasteiger partial charge in [0.2, 0.25) is 0 Å². The van der Waals surface area contributed by atoms with Crippen molar-refractivity contribution in [1.82, 2.24) is 9.97 Å². The summed E-state index contributed by atoms with van der Waals surface area (Å²) in [7, 11) is 0. The molecule has 0 spiro atoms. The van der Waals surface area contributed by atoms with Crippen LogP contribution in [0.25, 0.3) is 21.7 Å². The van der Waals surface area contributed by atoms with Gasteiger partial charge in [-0.1, -0.05) is 0 Å². The Morgan fingerprint density at radius 3 is 2.94 bits per heavy atom. The lowest BCUT2D eigenvalue weighted by Crippen LogP contribution is -1.74. The van der Waals surface area contributed by atoms with Gasteiger partial charge in [0.25, 0.3) is 0 Å². The fourth-order valence-electron chi connectivity index (χ4n) is 1.57. The number of phenolic OH excluding ortho intramolecular Hbond substituents is 1. The van der Waals surface area contributed by atoms with Gasteiger partial charge in [-0.05, 0) is 39.5 Å². The van der Waals surface area contributed by atoms with Crippen LogP contribution in [0.4, 0.5) is 0 Å². The summed E-state index contributed by atoms with van der Waals surface area (Å²) in [6, 6.07) is 7.10. The van der Waals surface area contributed by atoms with Crippen molar-refractivity contribution in [2.75, 3.05) is 0 Å². The van der Waals surface area contributed by atoms with Crippen LogP contribution in [0.1, 0.15) is 0 Å². The molecule has 2 aromatic heterocycles. The number of H-pyrrole nitrogens is 1. The van der Waals surface area contributed by atoms with Gasteiger partial charge in [0, 0.05) is 10.5 Å². The molecule has 0 radical (unpaired) electrons. The van der Waals surface area contributed by atoms with Gasteiger partial charge in [0.15, 0.2) is 0 Å². The third kappa shape index (κ3) is 1.52. The molecule has 3 nitrogen and oxygen atoms in total. The first-order chi connectivity index (χ1) is 7.74. The number of halogens is 1. The maximum atomic E-state index is 9.37. The van der Waals surface area contributed by atoms with Crippen LogP contribution >= 0.6 is 27.3 Å². The van der Waals surface area contributed by atoms with Crippen molar-refractivity contribution < 1.29 is 5.11 Å². The Labute approximate surface area is 104 Å². The molecule has 0 fully saturated rings. The molecule has 0 atom stereocenters. The predicted molar refractivity (Wildman–Crippen MR) is 68.8 cm³/mol. The molecule has 2 heterocycles. The van der Waals surface area contributed by atoms with Gasteiger partial charge in [-0.25, -0.2) is 4.98 Å². The molecule has 3 rings (SSSR count). The molecule has 0 unspecified atom stereocenters. The molecule has 16 heavy (non-hydrogen) atoms. The molecule has 0 saturated carbocycles. The molecule has 0 bridgehead atoms. The number of hydrogen-bond donors (Lipinski definition) is 2. The van der Waals surface area contributed by atoms with Crippen molar-refractivity contribution in [3.8, 4) is 16.5 Å². The largest absolute Gasteiger partial charge is 0.508 e. The lowest BCUT2D eigenvalue weighted by molar-refractivity contribution is 0.476. The van der Waals surface area contributed by atoms with Crippen molar-refractivity contribution >= 4 is 38.3 Å². The zero-order valence-electron chi connectivity index (χ0n) is 8.07. The third-order valence-electron chi connectivity index (χ3n) is 2.30. The lowest BCUT2D eigenvalue weighted by Gasteiger charge is -1.90. The average Bonchev–Trinajstić information content (AvgIpc) is 2.82. The zero-order valence-corrected chi connectivity index (χ0v) is 10.5. The smallest absolute Gasteiger partial charge is 0.149 e. The summed E-state index contributed by atoms with van der Waals surface area (Å²) >= 11 is 5.09. The molecule has 5 heteroatoms. The summed E-state index contributed by atoms with van der Waals surface area (Å²) < 4.78 is 1.03. The van der Waals surface area contributed by atoms with E-state index in [-0.39, 0.29) is 5.75 Å². The first-order valence-electron chi connectivity index (χ1n) is 4.66. The second-order valence-corrected chi connectivity index (χ2v) is 5.15. The molecular weight excluding hydrogens is 288 g/mol. The van der Waals surface area contributed by atoms with E-state index in [0.717, 1.165) is 26.2 Å². The predicted octanol–water partition coefficient (Wildman–Crippen LogP) is 3.76. The number of fused-ring (bicyclic) bond motifs is 1. The minimum absolute atomic E-state index is 0.243. The van der Waals surface area contributed by atoms with Gasteiger partial charge < -0.3 is 10.1 Å². The molecule has 0 aliphatic heterocycles. The maximum Gasteiger partial charge on any atom is 0.149 e. The van der Waals surface area contributed by atoms with Crippen molar-refractivity contribution in [2.45, 2.75) is 0 Å². The Hall–Kier alpha value is -1.33. The summed E-state index contributed by atoms with van der Waals surface area (Å²) in [5.41, 5.74) is 1.70. The van der Waals surface area contributed by atoms with Crippen LogP contribution in [0.2, 0.25) is 0 Å². The second-order valence-electron chi connectivity index (χ2n) is 3.38. The van der Waals surface area contributed by atoms with E-state index in [9.17, 15) is 5.11 Å². The first-order valence-corrected chi connectivity index (χ1v) is 6.33. The molecule has 1 aromatic carbocycles. The van der Waals surface area contributed by atoms with Crippen LogP contribution < -0.4 is 0 Å². The van der Waals surface area contributed by atoms with Crippen molar-refractivity contribution in [3.63, 3.8) is 0 Å². The monoisotopic (exact) mass is 294 g/mol. The molecule has 0 saturated heterocycles. The van der Waals surface area contributed by atoms with Crippen LogP contribution in [-0.4, -0.2) is 15.1 Å². The standard InChI is InChI=1S/C11H7BrN2OS/c12-7-3-4-16-10(7)11-13-8-2-1-6(15)5-9(8)14-11/h1-5,15H,(H,13,14). The van der Waals surface area contributed by atoms with Gasteiger partial charge in [0.05, 0.1) is 15.9 Å². The van der Waals surface area contributed by atoms with Gasteiger partial charge in [0.1, 0.15) is 11.6 Å². The number of nitrogens with one attached hydrogen (secondary N) is 1. The fraction of sp³-hybridized carbons (Fsp3) is 0. The molecule has 0 amide bonds. The number of rotatable bonds is 1. The van der Waals surface area contributed by atoms with Gasteiger partial charge >= 0.3 is 0 Å². The van der Waals surface area contributed by atoms with E-state index in [1.807, 2.05) is 11.4 Å². The molecular formula is C11H7BrN2OS. The van der Waals surface area contributed by atoms with Crippen molar-refractivity contribution in [2.24, 2.45) is 0 Å². The van der Waals surface area contributed by atoms with Crippen LogP contribution in [0.15, 0.2) is 34.1 Å². The summed E-state index contributed by atoms with van der Waals surface area (Å²) in [6.45, 7) is 0. The van der Waals surface area contributed by atoms with E-state index < -0.39 is 0 Å². The highest BCUT2D eigenvalue weighted by Crippen LogP contribution is 2.33. The highest BCUT2D eigenvalue weighted by molar-refractivity contribution is 9.10. The zero-order chi connectivity index (χ0) is 11.1. The normalized spacial score (nSPS) is 11.1. The van der Waals surface area contributed by atoms with E-state index in [4.69, 9.17) is 0 Å². The van der Waals surface area contributed by atoms with Gasteiger partial charge in [-0.2, -0.15) is 0 Å². The minimum Gasteiger partial charge on any atom is -0.508 e. The second kappa shape index (κ2) is 3.61. The lowest BCUT2D eigenvalue weighted by atomic mass is 10.3. The summed E-state index contributed by atoms with van der Waals surface area (Å²) in [5, 5.41) is 11.4. The molecule has 80 valence electrons. The molecule has 0 aliphatic carbocycles. The quantitative estimate of drug-likeness (QED) is 0.718. The number of thiophene rings is 1. The summed E-state index contributed by atoms with van der Waals surface area (Å²) in [5.74, 6) is 1.07. The van der Waals surface area contributed by atoms with Crippen LogP contribution in [-0.2, 0) is 0 Å². The Morgan fingerprint density at radius 1 is 1.31 bits per heavy atom. The summed E-state index contributed by atoms with van der Waals surface area (Å²) in [4.78, 5) is 8.73. The Morgan fingerprint density at radius 2 is 2.19 bits per heavy atom. The Bertz CT molecular complexity index is 659. The van der Waals surface area contributed by atoms with E-state index in [0.29, 0.717) is 0 Å². The van der Waals surface area contributed by atoms with E-state index in [1.165, 1.54) is 0 Å². The number of aromatic hydroxyl groups is 1. The molecule has 2 N–H and O–H groups in total. The average molecular weight is 295 g/mol. The molecule has 3 aromatic rings. The number of benzene rings is 1. The van der Waals surface area contributed by atoms with Gasteiger partial charge in [-0.3, -0.25) is 0 Å². The van der Waals surface area contributed by atoms with Crippen molar-refractivity contribution in [3.05, 3.63) is 34.1 Å². The number of aromatic amines is 1. The molecule has 0 aliphatic rings. The fourth-order valence-corrected chi connectivity index (χ4v) is 3.07. The summed E-state index contributed by atoms with van der Waals surface area (Å²) in [6.07, 6.45) is 0. The number of aromatic nitrogens is 2. The number of imidazole rings is 1. The first kappa shape index (κ1) is 9.86. The van der Waals surface area contributed by atoms with Crippen LogP contribution in [0.5, 0.6) is 5.75 Å². The number of phenols is 1. The topological polar surface area (TPSA) is 48.9 Å². The Kier molecular flexibility index (Phi) is 2.22. The van der Waals surface area contributed by atoms with Crippen molar-refractivity contribution in [1.29, 1.82) is 0 Å². The van der Waals surface area contributed by atoms with E-state index in [1.54, 1.807) is 29.5 Å². The maximum absolute atomic E-state index is 9.37. The highest BCUT2D eigenvalue weighted by Gasteiger charge is 2.09. The van der Waals surface area contributed by atoms with Crippen LogP contribution in [0, 0.1) is 0 Å². The minimum atomic E-state index is 0.243. The van der Waals surface area contributed by atoms with Crippen LogP contribution in [0.3, 0.4) is 0 Å². The third-order valence-corrected chi connectivity index (χ3v) is 4.14. The number of hydrogen-bond acceptors (Lipinski definition) is 3. The van der Waals surface area contributed by atoms with E-state index in [2.05, 4.69) is 25.9 Å².